The van der Waals surface area contributed by atoms with Crippen molar-refractivity contribution in [3.05, 3.63) is 112 Å². The molecule has 0 radical (unpaired) electrons. The largest absolute Gasteiger partial charge is 0.508 e. The number of aromatic nitrogens is 2. The highest BCUT2D eigenvalue weighted by Crippen LogP contribution is 2.19. The summed E-state index contributed by atoms with van der Waals surface area (Å²) >= 11 is 0. The van der Waals surface area contributed by atoms with Gasteiger partial charge in [0.1, 0.15) is 5.75 Å². The standard InChI is InChI=1S/C25H20N2O3/c1-17-8-11-19(12-9-17)23-16-27(25(30)26-23)21-6-3-5-20(15-21)24(29)13-10-18-4-2-7-22(28)14-18/h2-16,28H,1H3,(H,26,30)/b13-10+. The normalized spacial score (nSPS) is 11.1. The van der Waals surface area contributed by atoms with Crippen molar-refractivity contribution < 1.29 is 9.90 Å². The Labute approximate surface area is 173 Å². The number of aromatic hydroxyl groups is 1. The molecule has 1 aromatic heterocycles. The van der Waals surface area contributed by atoms with E-state index in [9.17, 15) is 14.7 Å². The van der Waals surface area contributed by atoms with Gasteiger partial charge in [-0.3, -0.25) is 9.36 Å². The van der Waals surface area contributed by atoms with Crippen molar-refractivity contribution in [2.24, 2.45) is 0 Å². The minimum absolute atomic E-state index is 0.141. The van der Waals surface area contributed by atoms with Gasteiger partial charge in [0.2, 0.25) is 0 Å². The number of nitrogens with zero attached hydrogens (tertiary/aromatic N) is 1. The van der Waals surface area contributed by atoms with Crippen molar-refractivity contribution >= 4 is 11.9 Å². The zero-order valence-electron chi connectivity index (χ0n) is 16.4. The molecule has 0 saturated carbocycles. The molecule has 0 bridgehead atoms. The molecule has 30 heavy (non-hydrogen) atoms. The van der Waals surface area contributed by atoms with Gasteiger partial charge in [-0.1, -0.05) is 60.2 Å². The number of phenols is 1. The van der Waals surface area contributed by atoms with Gasteiger partial charge in [0.15, 0.2) is 5.78 Å². The molecule has 0 atom stereocenters. The Bertz CT molecular complexity index is 1290. The molecule has 4 rings (SSSR count). The molecule has 0 aliphatic rings. The van der Waals surface area contributed by atoms with Crippen LogP contribution in [-0.4, -0.2) is 20.4 Å². The average molecular weight is 396 g/mol. The van der Waals surface area contributed by atoms with Crippen LogP contribution in [0.2, 0.25) is 0 Å². The van der Waals surface area contributed by atoms with Crippen molar-refractivity contribution in [2.75, 3.05) is 0 Å². The number of rotatable bonds is 5. The fourth-order valence-electron chi connectivity index (χ4n) is 3.17. The molecule has 0 amide bonds. The van der Waals surface area contributed by atoms with E-state index in [2.05, 4.69) is 4.98 Å². The molecular weight excluding hydrogens is 376 g/mol. The van der Waals surface area contributed by atoms with E-state index in [0.29, 0.717) is 16.9 Å². The zero-order valence-corrected chi connectivity index (χ0v) is 16.4. The van der Waals surface area contributed by atoms with Crippen LogP contribution >= 0.6 is 0 Å². The van der Waals surface area contributed by atoms with Crippen LogP contribution in [0.3, 0.4) is 0 Å². The van der Waals surface area contributed by atoms with E-state index >= 15 is 0 Å². The van der Waals surface area contributed by atoms with Crippen molar-refractivity contribution in [3.8, 4) is 22.7 Å². The van der Waals surface area contributed by atoms with Crippen molar-refractivity contribution in [1.82, 2.24) is 9.55 Å². The lowest BCUT2D eigenvalue weighted by atomic mass is 10.1. The summed E-state index contributed by atoms with van der Waals surface area (Å²) in [4.78, 5) is 27.9. The molecule has 0 unspecified atom stereocenters. The van der Waals surface area contributed by atoms with Gasteiger partial charge >= 0.3 is 5.69 Å². The lowest BCUT2D eigenvalue weighted by Gasteiger charge is -2.03. The maximum Gasteiger partial charge on any atom is 0.330 e. The topological polar surface area (TPSA) is 75.1 Å². The second-order valence-electron chi connectivity index (χ2n) is 7.05. The fraction of sp³-hybridized carbons (Fsp3) is 0.0400. The maximum atomic E-state index is 12.6. The first-order valence-corrected chi connectivity index (χ1v) is 9.50. The van der Waals surface area contributed by atoms with Gasteiger partial charge in [-0.25, -0.2) is 4.79 Å². The smallest absolute Gasteiger partial charge is 0.330 e. The molecule has 0 saturated heterocycles. The number of H-pyrrole nitrogens is 1. The number of allylic oxidation sites excluding steroid dienone is 1. The minimum atomic E-state index is -0.273. The molecule has 3 aromatic carbocycles. The SMILES string of the molecule is Cc1ccc(-c2cn(-c3cccc(C(=O)/C=C/c4cccc(O)c4)c3)c(=O)[nH]2)cc1. The number of benzene rings is 3. The highest BCUT2D eigenvalue weighted by molar-refractivity contribution is 6.07. The highest BCUT2D eigenvalue weighted by atomic mass is 16.3. The van der Waals surface area contributed by atoms with Crippen LogP contribution in [0.5, 0.6) is 5.75 Å². The van der Waals surface area contributed by atoms with Gasteiger partial charge in [0.25, 0.3) is 0 Å². The Morgan fingerprint density at radius 3 is 2.53 bits per heavy atom. The van der Waals surface area contributed by atoms with E-state index < -0.39 is 0 Å². The lowest BCUT2D eigenvalue weighted by Crippen LogP contribution is -2.14. The number of aryl methyl sites for hydroxylation is 1. The fourth-order valence-corrected chi connectivity index (χ4v) is 3.17. The third-order valence-electron chi connectivity index (χ3n) is 4.79. The van der Waals surface area contributed by atoms with Gasteiger partial charge in [-0.15, -0.1) is 0 Å². The van der Waals surface area contributed by atoms with E-state index in [0.717, 1.165) is 16.7 Å². The number of hydrogen-bond acceptors (Lipinski definition) is 3. The summed E-state index contributed by atoms with van der Waals surface area (Å²) in [5.41, 5.74) is 4.29. The molecule has 1 heterocycles. The quantitative estimate of drug-likeness (QED) is 0.378. The van der Waals surface area contributed by atoms with Gasteiger partial charge in [-0.05, 0) is 48.4 Å². The van der Waals surface area contributed by atoms with Crippen LogP contribution in [0, 0.1) is 6.92 Å². The molecule has 0 fully saturated rings. The number of aromatic amines is 1. The Hall–Kier alpha value is -4.12. The van der Waals surface area contributed by atoms with Crippen LogP contribution in [0.15, 0.2) is 89.9 Å². The molecule has 148 valence electrons. The van der Waals surface area contributed by atoms with Crippen molar-refractivity contribution in [3.63, 3.8) is 0 Å². The van der Waals surface area contributed by atoms with Crippen molar-refractivity contribution in [1.29, 1.82) is 0 Å². The van der Waals surface area contributed by atoms with E-state index in [4.69, 9.17) is 0 Å². The summed E-state index contributed by atoms with van der Waals surface area (Å²) in [6.45, 7) is 2.01. The highest BCUT2D eigenvalue weighted by Gasteiger charge is 2.09. The summed E-state index contributed by atoms with van der Waals surface area (Å²) in [7, 11) is 0. The third-order valence-corrected chi connectivity index (χ3v) is 4.79. The molecule has 0 spiro atoms. The van der Waals surface area contributed by atoms with Crippen LogP contribution < -0.4 is 5.69 Å². The Morgan fingerprint density at radius 1 is 1.00 bits per heavy atom. The van der Waals surface area contributed by atoms with Gasteiger partial charge < -0.3 is 10.1 Å². The Balaban J connectivity index is 1.61. The third kappa shape index (κ3) is 4.15. The molecule has 5 heteroatoms. The number of imidazole rings is 1. The number of nitrogens with one attached hydrogen (secondary N) is 1. The first kappa shape index (κ1) is 19.2. The summed E-state index contributed by atoms with van der Waals surface area (Å²) in [6.07, 6.45) is 4.83. The van der Waals surface area contributed by atoms with Crippen molar-refractivity contribution in [2.45, 2.75) is 6.92 Å². The first-order chi connectivity index (χ1) is 14.5. The average Bonchev–Trinajstić information content (AvgIpc) is 3.14. The second-order valence-corrected chi connectivity index (χ2v) is 7.05. The minimum Gasteiger partial charge on any atom is -0.508 e. The molecule has 0 aliphatic heterocycles. The molecule has 2 N–H and O–H groups in total. The molecule has 4 aromatic rings. The number of carbonyl (C=O) groups is 1. The van der Waals surface area contributed by atoms with Gasteiger partial charge in [0.05, 0.1) is 11.4 Å². The lowest BCUT2D eigenvalue weighted by molar-refractivity contribution is 0.104. The summed E-state index contributed by atoms with van der Waals surface area (Å²) in [5.74, 6) is -0.0506. The van der Waals surface area contributed by atoms with E-state index in [-0.39, 0.29) is 17.2 Å². The molecular formula is C25H20N2O3. The number of phenolic OH excluding ortho intramolecular Hbond substituents is 1. The number of hydrogen-bond donors (Lipinski definition) is 2. The predicted octanol–water partition coefficient (Wildman–Crippen LogP) is 4.74. The van der Waals surface area contributed by atoms with E-state index in [1.807, 2.05) is 31.2 Å². The Kier molecular flexibility index (Phi) is 5.18. The van der Waals surface area contributed by atoms with Crippen LogP contribution in [-0.2, 0) is 0 Å². The molecule has 0 aliphatic carbocycles. The number of ketones is 1. The van der Waals surface area contributed by atoms with E-state index in [1.165, 1.54) is 10.6 Å². The van der Waals surface area contributed by atoms with E-state index in [1.54, 1.807) is 60.8 Å². The maximum absolute atomic E-state index is 12.6. The zero-order chi connectivity index (χ0) is 21.1. The second kappa shape index (κ2) is 8.09. The van der Waals surface area contributed by atoms with Crippen LogP contribution in [0.4, 0.5) is 0 Å². The van der Waals surface area contributed by atoms with Gasteiger partial charge in [0, 0.05) is 11.8 Å². The first-order valence-electron chi connectivity index (χ1n) is 9.50. The number of carbonyl (C=O) groups excluding carboxylic acids is 1. The molecule has 5 nitrogen and oxygen atoms in total. The Morgan fingerprint density at radius 2 is 1.77 bits per heavy atom. The summed E-state index contributed by atoms with van der Waals surface area (Å²) in [5, 5.41) is 9.53. The summed E-state index contributed by atoms with van der Waals surface area (Å²) < 4.78 is 1.49. The monoisotopic (exact) mass is 396 g/mol. The predicted molar refractivity (Wildman–Crippen MR) is 118 cm³/mol. The van der Waals surface area contributed by atoms with Crippen LogP contribution in [0.1, 0.15) is 21.5 Å². The van der Waals surface area contributed by atoms with Crippen LogP contribution in [0.25, 0.3) is 23.0 Å². The van der Waals surface area contributed by atoms with Gasteiger partial charge in [-0.2, -0.15) is 0 Å². The summed E-state index contributed by atoms with van der Waals surface area (Å²) in [6, 6.07) is 21.5.